The van der Waals surface area contributed by atoms with Crippen molar-refractivity contribution in [1.82, 2.24) is 0 Å². The Bertz CT molecular complexity index is 1600. The van der Waals surface area contributed by atoms with E-state index in [0.717, 1.165) is 20.3 Å². The average Bonchev–Trinajstić information content (AvgIpc) is 2.86. The van der Waals surface area contributed by atoms with Crippen LogP contribution in [0.3, 0.4) is 0 Å². The fourth-order valence-electron chi connectivity index (χ4n) is 3.29. The number of fused-ring (bicyclic) bond motifs is 2. The number of benzene rings is 2. The molecule has 13 heteroatoms. The number of carbonyl (C=O) groups excluding carboxylic acids is 2. The zero-order valence-electron chi connectivity index (χ0n) is 18.3. The molecule has 180 valence electrons. The predicted octanol–water partition coefficient (Wildman–Crippen LogP) is 2.12. The molecule has 2 aliphatic rings. The van der Waals surface area contributed by atoms with Crippen LogP contribution in [0.5, 0.6) is 0 Å². The Kier molecular flexibility index (Phi) is 7.19. The van der Waals surface area contributed by atoms with Gasteiger partial charge in [-0.2, -0.15) is 21.6 Å². The van der Waals surface area contributed by atoms with Crippen LogP contribution in [0.2, 0.25) is 0 Å². The number of hydrogen-bond acceptors (Lipinski definition) is 9. The monoisotopic (exact) mass is 515 g/mol. The molecule has 0 heterocycles. The van der Waals surface area contributed by atoms with Crippen LogP contribution in [0, 0.1) is 5.41 Å². The molecule has 4 rings (SSSR count). The highest BCUT2D eigenvalue weighted by Crippen LogP contribution is 2.30. The van der Waals surface area contributed by atoms with Gasteiger partial charge in [-0.1, -0.05) is 36.4 Å². The molecule has 0 saturated carbocycles. The number of nitrogens with one attached hydrogen (secondary N) is 1. The quantitative estimate of drug-likeness (QED) is 0.365. The minimum atomic E-state index is -3.92. The second kappa shape index (κ2) is 9.78. The molecule has 0 radical (unpaired) electrons. The largest absolute Gasteiger partial charge is 0.362 e. The molecule has 0 bridgehead atoms. The van der Waals surface area contributed by atoms with Gasteiger partial charge in [-0.05, 0) is 18.2 Å². The van der Waals surface area contributed by atoms with Gasteiger partial charge < -0.3 is 5.53 Å². The minimum absolute atomic E-state index is 0.0934. The van der Waals surface area contributed by atoms with E-state index in [1.54, 1.807) is 12.1 Å². The fourth-order valence-corrected chi connectivity index (χ4v) is 5.05. The minimum Gasteiger partial charge on any atom is -0.361 e. The fraction of sp³-hybridized carbons (Fsp3) is 0.0909. The molecule has 11 nitrogen and oxygen atoms in total. The van der Waals surface area contributed by atoms with Gasteiger partial charge in [-0.25, -0.2) is 0 Å². The summed E-state index contributed by atoms with van der Waals surface area (Å²) < 4.78 is 55.5. The van der Waals surface area contributed by atoms with E-state index in [-0.39, 0.29) is 43.5 Å². The highest BCUT2D eigenvalue weighted by atomic mass is 32.2. The maximum atomic E-state index is 11.8. The third-order valence-corrected chi connectivity index (χ3v) is 7.64. The lowest BCUT2D eigenvalue weighted by Gasteiger charge is -2.16. The summed E-state index contributed by atoms with van der Waals surface area (Å²) in [6.45, 7) is 0. The third-order valence-electron chi connectivity index (χ3n) is 4.99. The van der Waals surface area contributed by atoms with E-state index in [0.29, 0.717) is 0 Å². The second-order valence-electron chi connectivity index (χ2n) is 6.90. The summed E-state index contributed by atoms with van der Waals surface area (Å²) in [6.07, 6.45) is 3.67. The Morgan fingerprint density at radius 2 is 1.40 bits per heavy atom. The van der Waals surface area contributed by atoms with Crippen molar-refractivity contribution in [3.05, 3.63) is 82.4 Å². The van der Waals surface area contributed by atoms with Gasteiger partial charge in [0.05, 0.1) is 14.2 Å². The topological polar surface area (TPSA) is 181 Å². The summed E-state index contributed by atoms with van der Waals surface area (Å²) in [5.74, 6) is -1.03. The van der Waals surface area contributed by atoms with Crippen molar-refractivity contribution >= 4 is 54.2 Å². The van der Waals surface area contributed by atoms with Gasteiger partial charge in [-0.15, -0.1) is 0 Å². The number of hydrogen-bond donors (Lipinski definition) is 1. The zero-order valence-corrected chi connectivity index (χ0v) is 19.9. The van der Waals surface area contributed by atoms with Gasteiger partial charge in [0.25, 0.3) is 26.0 Å². The first kappa shape index (κ1) is 25.7. The lowest BCUT2D eigenvalue weighted by Crippen LogP contribution is -2.21. The lowest BCUT2D eigenvalue weighted by molar-refractivity contribution is -0.00436. The van der Waals surface area contributed by atoms with Crippen molar-refractivity contribution in [3.8, 4) is 0 Å². The summed E-state index contributed by atoms with van der Waals surface area (Å²) in [7, 11) is -5.73. The first-order valence-corrected chi connectivity index (χ1v) is 12.4. The summed E-state index contributed by atoms with van der Waals surface area (Å²) in [6, 6.07) is 10.5. The van der Waals surface area contributed by atoms with Crippen molar-refractivity contribution < 1.29 is 39.6 Å². The van der Waals surface area contributed by atoms with Crippen molar-refractivity contribution in [2.45, 2.75) is 4.90 Å². The second-order valence-corrected chi connectivity index (χ2v) is 10.3. The van der Waals surface area contributed by atoms with Crippen LogP contribution >= 0.6 is 0 Å². The van der Waals surface area contributed by atoms with Crippen LogP contribution in [0.1, 0.15) is 31.8 Å². The van der Waals surface area contributed by atoms with Crippen LogP contribution in [0.25, 0.3) is 16.5 Å². The van der Waals surface area contributed by atoms with Gasteiger partial charge >= 0.3 is 5.71 Å². The molecule has 2 aliphatic carbocycles. The Morgan fingerprint density at radius 1 is 0.800 bits per heavy atom. The molecule has 0 fully saturated rings. The number of carbonyl (C=O) groups is 2. The summed E-state index contributed by atoms with van der Waals surface area (Å²) in [4.78, 5) is 26.1. The lowest BCUT2D eigenvalue weighted by atomic mass is 9.95. The molecular formula is C22H17N3O8S2. The van der Waals surface area contributed by atoms with E-state index in [2.05, 4.69) is 13.2 Å². The van der Waals surface area contributed by atoms with E-state index in [9.17, 15) is 26.4 Å². The van der Waals surface area contributed by atoms with Crippen LogP contribution < -0.4 is 0 Å². The van der Waals surface area contributed by atoms with Crippen molar-refractivity contribution in [3.63, 3.8) is 0 Å². The van der Waals surface area contributed by atoms with E-state index in [4.69, 9.17) is 10.9 Å². The molecular weight excluding hydrogens is 498 g/mol. The van der Waals surface area contributed by atoms with Gasteiger partial charge in [-0.3, -0.25) is 23.4 Å². The maximum absolute atomic E-state index is 11.8. The van der Waals surface area contributed by atoms with Gasteiger partial charge in [0.2, 0.25) is 5.78 Å². The van der Waals surface area contributed by atoms with E-state index < -0.39 is 31.8 Å². The van der Waals surface area contributed by atoms with Gasteiger partial charge in [0, 0.05) is 28.3 Å². The van der Waals surface area contributed by atoms with Crippen molar-refractivity contribution in [2.75, 3.05) is 14.2 Å². The normalized spacial score (nSPS) is 14.9. The first-order chi connectivity index (χ1) is 16.5. The Hall–Kier alpha value is -3.87. The number of rotatable bonds is 4. The molecule has 0 amide bonds. The van der Waals surface area contributed by atoms with Crippen molar-refractivity contribution in [1.29, 1.82) is 5.41 Å². The molecule has 0 spiro atoms. The molecule has 0 atom stereocenters. The van der Waals surface area contributed by atoms with Crippen LogP contribution in [0.4, 0.5) is 0 Å². The van der Waals surface area contributed by atoms with E-state index in [1.165, 1.54) is 42.5 Å². The Labute approximate surface area is 200 Å². The molecule has 0 unspecified atom stereocenters. The van der Waals surface area contributed by atoms with Crippen molar-refractivity contribution in [2.24, 2.45) is 0 Å². The summed E-state index contributed by atoms with van der Waals surface area (Å²) >= 11 is 0. The Balaban J connectivity index is 0.000000196. The third kappa shape index (κ3) is 4.85. The van der Waals surface area contributed by atoms with Crippen LogP contribution in [-0.2, 0) is 28.6 Å². The average molecular weight is 516 g/mol. The molecule has 0 aromatic heterocycles. The summed E-state index contributed by atoms with van der Waals surface area (Å²) in [5, 5.41) is 7.47. The van der Waals surface area contributed by atoms with Gasteiger partial charge in [0.1, 0.15) is 15.5 Å². The predicted molar refractivity (Wildman–Crippen MR) is 125 cm³/mol. The molecule has 2 aromatic carbocycles. The standard InChI is InChI=1S/C11H8N2O4S.C11H9NO4S/c1-17-18(15,16)10-4-2-3-8-7(10)5-6-9(13-12)11(8)14;1-16-17(14,15)10-6-9(12)11(13)8-5-3-2-4-7(8)10/h2-6H,1H3;2-6,12H,1H3. The van der Waals surface area contributed by atoms with E-state index >= 15 is 0 Å². The number of Topliss-reactive ketones (excluding diaryl/α,β-unsaturated/α-hetero) is 2. The van der Waals surface area contributed by atoms with Crippen LogP contribution in [-0.4, -0.2) is 58.8 Å². The summed E-state index contributed by atoms with van der Waals surface area (Å²) in [5.41, 5.74) is 9.00. The Morgan fingerprint density at radius 3 is 2.00 bits per heavy atom. The molecule has 2 aromatic rings. The van der Waals surface area contributed by atoms with Gasteiger partial charge in [0.15, 0.2) is 0 Å². The molecule has 0 aliphatic heterocycles. The number of allylic oxidation sites excluding steroid dienone is 2. The molecule has 0 saturated heterocycles. The maximum Gasteiger partial charge on any atom is 0.362 e. The van der Waals surface area contributed by atoms with Crippen LogP contribution in [0.15, 0.2) is 59.5 Å². The highest BCUT2D eigenvalue weighted by molar-refractivity contribution is 7.96. The molecule has 1 N–H and O–H groups in total. The number of nitrogens with zero attached hydrogens (tertiary/aromatic N) is 2. The zero-order chi connectivity index (χ0) is 26.0. The van der Waals surface area contributed by atoms with E-state index in [1.807, 2.05) is 0 Å². The molecule has 35 heavy (non-hydrogen) atoms. The smallest absolute Gasteiger partial charge is 0.361 e. The SMILES string of the molecule is COS(=O)(=O)C1=CC(=N)C(=O)c2ccccc21.COS(=O)(=O)c1cccc2c1C=CC(=[N+]=[N-])C2=O. The highest BCUT2D eigenvalue weighted by Gasteiger charge is 2.31. The number of ketones is 2. The first-order valence-electron chi connectivity index (χ1n) is 9.62.